The first-order chi connectivity index (χ1) is 8.97. The number of nitrogens with one attached hydrogen (secondary N) is 1. The van der Waals surface area contributed by atoms with Gasteiger partial charge < -0.3 is 11.1 Å². The average molecular weight is 324 g/mol. The molecule has 1 aromatic heterocycles. The monoisotopic (exact) mass is 323 g/mol. The summed E-state index contributed by atoms with van der Waals surface area (Å²) >= 11 is 3.32. The standard InChI is InChI=1S/C11H10BrN5O2/c1-6-9(17(18)19)10(16-11(13)14-6)15-8-4-2-3-7(12)5-8/h2-5H,1H3,(H3,13,14,15,16). The van der Waals surface area contributed by atoms with E-state index in [1.807, 2.05) is 6.07 Å². The SMILES string of the molecule is Cc1nc(N)nc(Nc2cccc(Br)c2)c1[N+](=O)[O-]. The number of benzene rings is 1. The minimum Gasteiger partial charge on any atom is -0.368 e. The number of rotatable bonds is 3. The zero-order chi connectivity index (χ0) is 14.0. The first kappa shape index (κ1) is 13.2. The van der Waals surface area contributed by atoms with E-state index in [2.05, 4.69) is 31.2 Å². The van der Waals surface area contributed by atoms with Gasteiger partial charge in [-0.15, -0.1) is 0 Å². The first-order valence-electron chi connectivity index (χ1n) is 5.28. The molecule has 0 fully saturated rings. The molecule has 3 N–H and O–H groups in total. The highest BCUT2D eigenvalue weighted by atomic mass is 79.9. The van der Waals surface area contributed by atoms with Crippen molar-refractivity contribution in [2.24, 2.45) is 0 Å². The Kier molecular flexibility index (Phi) is 3.61. The number of anilines is 3. The molecule has 8 heteroatoms. The lowest BCUT2D eigenvalue weighted by atomic mass is 10.3. The smallest absolute Gasteiger partial charge is 0.332 e. The Hall–Kier alpha value is -2.22. The number of nitrogens with two attached hydrogens (primary N) is 1. The normalized spacial score (nSPS) is 10.2. The van der Waals surface area contributed by atoms with Crippen molar-refractivity contribution in [2.75, 3.05) is 11.1 Å². The summed E-state index contributed by atoms with van der Waals surface area (Å²) in [5.74, 6) is 0.0636. The number of nitrogens with zero attached hydrogens (tertiary/aromatic N) is 3. The Morgan fingerprint density at radius 3 is 2.79 bits per heavy atom. The molecule has 0 bridgehead atoms. The van der Waals surface area contributed by atoms with Crippen molar-refractivity contribution in [1.82, 2.24) is 9.97 Å². The first-order valence-corrected chi connectivity index (χ1v) is 6.08. The Morgan fingerprint density at radius 1 is 1.42 bits per heavy atom. The van der Waals surface area contributed by atoms with Gasteiger partial charge in [-0.25, -0.2) is 4.98 Å². The minimum absolute atomic E-state index is 0.0133. The topological polar surface area (TPSA) is 107 Å². The van der Waals surface area contributed by atoms with Crippen LogP contribution in [-0.4, -0.2) is 14.9 Å². The van der Waals surface area contributed by atoms with E-state index in [0.717, 1.165) is 4.47 Å². The summed E-state index contributed by atoms with van der Waals surface area (Å²) in [6.45, 7) is 1.52. The van der Waals surface area contributed by atoms with Crippen molar-refractivity contribution in [3.8, 4) is 0 Å². The molecule has 0 aliphatic carbocycles. The van der Waals surface area contributed by atoms with E-state index in [1.165, 1.54) is 6.92 Å². The average Bonchev–Trinajstić information content (AvgIpc) is 2.26. The van der Waals surface area contributed by atoms with Crippen molar-refractivity contribution in [3.05, 3.63) is 44.5 Å². The van der Waals surface area contributed by atoms with Gasteiger partial charge in [0.25, 0.3) is 0 Å². The minimum atomic E-state index is -0.533. The highest BCUT2D eigenvalue weighted by molar-refractivity contribution is 9.10. The lowest BCUT2D eigenvalue weighted by Gasteiger charge is -2.08. The molecule has 7 nitrogen and oxygen atoms in total. The molecular weight excluding hydrogens is 314 g/mol. The largest absolute Gasteiger partial charge is 0.368 e. The van der Waals surface area contributed by atoms with Gasteiger partial charge in [-0.05, 0) is 25.1 Å². The van der Waals surface area contributed by atoms with Gasteiger partial charge in [0.2, 0.25) is 11.8 Å². The summed E-state index contributed by atoms with van der Waals surface area (Å²) in [7, 11) is 0. The zero-order valence-electron chi connectivity index (χ0n) is 9.92. The quantitative estimate of drug-likeness (QED) is 0.664. The highest BCUT2D eigenvalue weighted by Gasteiger charge is 2.21. The lowest BCUT2D eigenvalue weighted by Crippen LogP contribution is -2.06. The van der Waals surface area contributed by atoms with E-state index in [4.69, 9.17) is 5.73 Å². The second-order valence-electron chi connectivity index (χ2n) is 3.76. The second kappa shape index (κ2) is 5.19. The van der Waals surface area contributed by atoms with Crippen molar-refractivity contribution < 1.29 is 4.92 Å². The molecule has 98 valence electrons. The van der Waals surface area contributed by atoms with Crippen LogP contribution < -0.4 is 11.1 Å². The molecule has 0 spiro atoms. The van der Waals surface area contributed by atoms with E-state index in [1.54, 1.807) is 18.2 Å². The molecule has 0 atom stereocenters. The fraction of sp³-hybridized carbons (Fsp3) is 0.0909. The van der Waals surface area contributed by atoms with Gasteiger partial charge in [0.05, 0.1) is 4.92 Å². The summed E-state index contributed by atoms with van der Waals surface area (Å²) < 4.78 is 0.846. The van der Waals surface area contributed by atoms with Gasteiger partial charge in [0.15, 0.2) is 0 Å². The van der Waals surface area contributed by atoms with Crippen LogP contribution in [0, 0.1) is 17.0 Å². The van der Waals surface area contributed by atoms with Gasteiger partial charge in [-0.2, -0.15) is 4.98 Å². The third-order valence-electron chi connectivity index (χ3n) is 2.35. The zero-order valence-corrected chi connectivity index (χ0v) is 11.5. The molecule has 0 radical (unpaired) electrons. The van der Waals surface area contributed by atoms with Crippen molar-refractivity contribution >= 4 is 39.1 Å². The molecule has 1 heterocycles. The third kappa shape index (κ3) is 2.97. The highest BCUT2D eigenvalue weighted by Crippen LogP contribution is 2.29. The summed E-state index contributed by atoms with van der Waals surface area (Å²) in [5, 5.41) is 13.9. The summed E-state index contributed by atoms with van der Waals surface area (Å²) in [6, 6.07) is 7.19. The van der Waals surface area contributed by atoms with Gasteiger partial charge >= 0.3 is 5.69 Å². The molecule has 2 rings (SSSR count). The van der Waals surface area contributed by atoms with Crippen LogP contribution in [0.1, 0.15) is 5.69 Å². The Balaban J connectivity index is 2.47. The van der Waals surface area contributed by atoms with Crippen LogP contribution >= 0.6 is 15.9 Å². The van der Waals surface area contributed by atoms with E-state index in [0.29, 0.717) is 5.69 Å². The van der Waals surface area contributed by atoms with Gasteiger partial charge in [-0.1, -0.05) is 22.0 Å². The fourth-order valence-electron chi connectivity index (χ4n) is 1.60. The number of hydrogen-bond donors (Lipinski definition) is 2. The maximum atomic E-state index is 11.0. The van der Waals surface area contributed by atoms with E-state index >= 15 is 0 Å². The van der Waals surface area contributed by atoms with Crippen molar-refractivity contribution in [2.45, 2.75) is 6.92 Å². The maximum absolute atomic E-state index is 11.0. The number of aromatic nitrogens is 2. The van der Waals surface area contributed by atoms with Gasteiger partial charge in [0.1, 0.15) is 5.69 Å². The molecule has 0 amide bonds. The van der Waals surface area contributed by atoms with Crippen molar-refractivity contribution in [1.29, 1.82) is 0 Å². The fourth-order valence-corrected chi connectivity index (χ4v) is 2.00. The predicted molar refractivity (Wildman–Crippen MR) is 75.3 cm³/mol. The van der Waals surface area contributed by atoms with E-state index < -0.39 is 4.92 Å². The van der Waals surface area contributed by atoms with Crippen LogP contribution in [0.2, 0.25) is 0 Å². The van der Waals surface area contributed by atoms with Crippen LogP contribution in [-0.2, 0) is 0 Å². The molecule has 19 heavy (non-hydrogen) atoms. The van der Waals surface area contributed by atoms with Gasteiger partial charge in [0, 0.05) is 10.2 Å². The Bertz CT molecular complexity index is 647. The summed E-state index contributed by atoms with van der Waals surface area (Å²) in [6.07, 6.45) is 0. The summed E-state index contributed by atoms with van der Waals surface area (Å²) in [5.41, 5.74) is 6.21. The molecule has 0 saturated heterocycles. The van der Waals surface area contributed by atoms with Crippen molar-refractivity contribution in [3.63, 3.8) is 0 Å². The predicted octanol–water partition coefficient (Wildman–Crippen LogP) is 2.78. The van der Waals surface area contributed by atoms with Crippen LogP contribution in [0.25, 0.3) is 0 Å². The molecule has 0 aliphatic heterocycles. The molecule has 2 aromatic rings. The number of aryl methyl sites for hydroxylation is 1. The summed E-state index contributed by atoms with van der Waals surface area (Å²) in [4.78, 5) is 18.2. The number of nitrogen functional groups attached to an aromatic ring is 1. The number of halogens is 1. The number of hydrogen-bond acceptors (Lipinski definition) is 6. The third-order valence-corrected chi connectivity index (χ3v) is 2.84. The molecule has 1 aromatic carbocycles. The van der Waals surface area contributed by atoms with Crippen LogP contribution in [0.15, 0.2) is 28.7 Å². The Morgan fingerprint density at radius 2 is 2.16 bits per heavy atom. The number of nitro groups is 1. The lowest BCUT2D eigenvalue weighted by molar-refractivity contribution is -0.385. The van der Waals surface area contributed by atoms with Crippen LogP contribution in [0.5, 0.6) is 0 Å². The van der Waals surface area contributed by atoms with Gasteiger partial charge in [-0.3, -0.25) is 10.1 Å². The molecule has 0 aliphatic rings. The molecule has 0 unspecified atom stereocenters. The Labute approximate surface area is 117 Å². The second-order valence-corrected chi connectivity index (χ2v) is 4.67. The molecular formula is C11H10BrN5O2. The van der Waals surface area contributed by atoms with Crippen LogP contribution in [0.4, 0.5) is 23.1 Å². The maximum Gasteiger partial charge on any atom is 0.332 e. The molecule has 0 saturated carbocycles. The van der Waals surface area contributed by atoms with E-state index in [9.17, 15) is 10.1 Å². The van der Waals surface area contributed by atoms with Crippen LogP contribution in [0.3, 0.4) is 0 Å². The van der Waals surface area contributed by atoms with E-state index in [-0.39, 0.29) is 23.1 Å².